The first-order valence-corrected chi connectivity index (χ1v) is 5.09. The Morgan fingerprint density at radius 2 is 1.54 bits per heavy atom. The van der Waals surface area contributed by atoms with Gasteiger partial charge in [0.2, 0.25) is 0 Å². The van der Waals surface area contributed by atoms with Crippen molar-refractivity contribution in [3.05, 3.63) is 0 Å². The molecule has 0 aromatic carbocycles. The maximum Gasteiger partial charge on any atom is 0.262 e. The van der Waals surface area contributed by atoms with Crippen LogP contribution in [0.1, 0.15) is 41.0 Å². The van der Waals surface area contributed by atoms with E-state index in [0.717, 1.165) is 0 Å². The van der Waals surface area contributed by atoms with Crippen LogP contribution in [0.3, 0.4) is 0 Å². The topological polar surface area (TPSA) is 3.24 Å². The van der Waals surface area contributed by atoms with Crippen LogP contribution in [-0.2, 0) is 0 Å². The summed E-state index contributed by atoms with van der Waals surface area (Å²) in [6.07, 6.45) is 0.0174. The van der Waals surface area contributed by atoms with Crippen molar-refractivity contribution < 1.29 is 8.78 Å². The molecule has 1 saturated heterocycles. The highest BCUT2D eigenvalue weighted by atomic mass is 19.3. The summed E-state index contributed by atoms with van der Waals surface area (Å²) in [6, 6.07) is 0.0417. The lowest BCUT2D eigenvalue weighted by Crippen LogP contribution is -2.23. The van der Waals surface area contributed by atoms with Crippen LogP contribution in [0.4, 0.5) is 8.78 Å². The van der Waals surface area contributed by atoms with Gasteiger partial charge in [0.25, 0.3) is 5.92 Å². The molecule has 0 spiro atoms. The maximum absolute atomic E-state index is 12.4. The number of alkyl halides is 2. The van der Waals surface area contributed by atoms with Crippen molar-refractivity contribution in [2.24, 2.45) is 0 Å². The lowest BCUT2D eigenvalue weighted by molar-refractivity contribution is 0.0141. The quantitative estimate of drug-likeness (QED) is 0.572. The molecular formula is C10H23F2N. The first kappa shape index (κ1) is 15.3. The molecule has 0 bridgehead atoms. The van der Waals surface area contributed by atoms with E-state index in [1.165, 1.54) is 0 Å². The van der Waals surface area contributed by atoms with Crippen molar-refractivity contribution >= 4 is 0 Å². The van der Waals surface area contributed by atoms with Crippen molar-refractivity contribution in [2.75, 3.05) is 13.6 Å². The van der Waals surface area contributed by atoms with Gasteiger partial charge in [0.05, 0.1) is 6.54 Å². The smallest absolute Gasteiger partial charge is 0.262 e. The van der Waals surface area contributed by atoms with Crippen LogP contribution < -0.4 is 0 Å². The monoisotopic (exact) mass is 195 g/mol. The molecule has 1 unspecified atom stereocenters. The Bertz CT molecular complexity index is 103. The van der Waals surface area contributed by atoms with Crippen LogP contribution in [0, 0.1) is 0 Å². The van der Waals surface area contributed by atoms with Crippen LogP contribution in [0.2, 0.25) is 0 Å². The van der Waals surface area contributed by atoms with Crippen molar-refractivity contribution in [3.63, 3.8) is 0 Å². The standard InChI is InChI=1S/C6H11F2N.2C2H6/c1-5-3-6(7,8)4-9(5)2;2*1-2/h5H,3-4H2,1-2H3;2*1-2H3. The highest BCUT2D eigenvalue weighted by Gasteiger charge is 2.40. The Balaban J connectivity index is 0. The molecule has 3 heteroatoms. The Morgan fingerprint density at radius 3 is 1.62 bits per heavy atom. The summed E-state index contributed by atoms with van der Waals surface area (Å²) in [7, 11) is 1.73. The summed E-state index contributed by atoms with van der Waals surface area (Å²) in [5.41, 5.74) is 0. The molecule has 0 radical (unpaired) electrons. The zero-order valence-corrected chi connectivity index (χ0v) is 9.69. The van der Waals surface area contributed by atoms with Gasteiger partial charge in [0.15, 0.2) is 0 Å². The third-order valence-electron chi connectivity index (χ3n) is 1.83. The fourth-order valence-electron chi connectivity index (χ4n) is 1.17. The Morgan fingerprint density at radius 1 is 1.15 bits per heavy atom. The van der Waals surface area contributed by atoms with Gasteiger partial charge in [0.1, 0.15) is 0 Å². The lowest BCUT2D eigenvalue weighted by atomic mass is 10.2. The predicted octanol–water partition coefficient (Wildman–Crippen LogP) is 3.40. The highest BCUT2D eigenvalue weighted by molar-refractivity contribution is 4.85. The number of rotatable bonds is 0. The second-order valence-corrected chi connectivity index (χ2v) is 2.82. The summed E-state index contributed by atoms with van der Waals surface area (Å²) < 4.78 is 24.8. The molecule has 1 atom stereocenters. The van der Waals surface area contributed by atoms with Gasteiger partial charge in [0, 0.05) is 12.5 Å². The van der Waals surface area contributed by atoms with E-state index < -0.39 is 5.92 Å². The Hall–Kier alpha value is -0.180. The summed E-state index contributed by atoms with van der Waals surface area (Å²) in [4.78, 5) is 1.68. The zero-order valence-electron chi connectivity index (χ0n) is 9.69. The van der Waals surface area contributed by atoms with E-state index >= 15 is 0 Å². The second-order valence-electron chi connectivity index (χ2n) is 2.82. The van der Waals surface area contributed by atoms with E-state index in [1.54, 1.807) is 11.9 Å². The summed E-state index contributed by atoms with van der Waals surface area (Å²) in [6.45, 7) is 9.75. The predicted molar refractivity (Wildman–Crippen MR) is 54.4 cm³/mol. The van der Waals surface area contributed by atoms with Crippen molar-refractivity contribution in [1.29, 1.82) is 0 Å². The van der Waals surface area contributed by atoms with Crippen molar-refractivity contribution in [1.82, 2.24) is 4.90 Å². The molecule has 0 aromatic rings. The molecule has 1 nitrogen and oxygen atoms in total. The van der Waals surface area contributed by atoms with Gasteiger partial charge in [-0.1, -0.05) is 27.7 Å². The van der Waals surface area contributed by atoms with E-state index in [1.807, 2.05) is 34.6 Å². The molecule has 82 valence electrons. The highest BCUT2D eigenvalue weighted by Crippen LogP contribution is 2.29. The van der Waals surface area contributed by atoms with Gasteiger partial charge < -0.3 is 0 Å². The normalized spacial score (nSPS) is 25.4. The zero-order chi connectivity index (χ0) is 11.1. The van der Waals surface area contributed by atoms with Crippen molar-refractivity contribution in [3.8, 4) is 0 Å². The minimum absolute atomic E-state index is 0.0174. The van der Waals surface area contributed by atoms with Gasteiger partial charge >= 0.3 is 0 Å². The summed E-state index contributed by atoms with van der Waals surface area (Å²) in [5.74, 6) is -2.44. The van der Waals surface area contributed by atoms with Crippen LogP contribution in [0.25, 0.3) is 0 Å². The van der Waals surface area contributed by atoms with Gasteiger partial charge in [-0.3, -0.25) is 4.90 Å². The molecule has 0 N–H and O–H groups in total. The minimum atomic E-state index is -2.44. The van der Waals surface area contributed by atoms with Crippen LogP contribution in [-0.4, -0.2) is 30.5 Å². The number of halogens is 2. The van der Waals surface area contributed by atoms with E-state index in [-0.39, 0.29) is 19.0 Å². The summed E-state index contributed by atoms with van der Waals surface area (Å²) in [5, 5.41) is 0. The third-order valence-corrected chi connectivity index (χ3v) is 1.83. The second kappa shape index (κ2) is 7.25. The van der Waals surface area contributed by atoms with Crippen LogP contribution in [0.5, 0.6) is 0 Å². The van der Waals surface area contributed by atoms with E-state index in [2.05, 4.69) is 0 Å². The van der Waals surface area contributed by atoms with E-state index in [9.17, 15) is 8.78 Å². The summed E-state index contributed by atoms with van der Waals surface area (Å²) >= 11 is 0. The first-order chi connectivity index (χ1) is 6.01. The molecule has 1 heterocycles. The fourth-order valence-corrected chi connectivity index (χ4v) is 1.17. The average molecular weight is 195 g/mol. The fraction of sp³-hybridized carbons (Fsp3) is 1.00. The van der Waals surface area contributed by atoms with E-state index in [4.69, 9.17) is 0 Å². The average Bonchev–Trinajstić information content (AvgIpc) is 2.32. The Labute approximate surface area is 81.1 Å². The molecule has 13 heavy (non-hydrogen) atoms. The molecule has 0 aromatic heterocycles. The number of likely N-dealkylation sites (tertiary alicyclic amines) is 1. The number of hydrogen-bond acceptors (Lipinski definition) is 1. The van der Waals surface area contributed by atoms with Crippen molar-refractivity contribution in [2.45, 2.75) is 53.0 Å². The largest absolute Gasteiger partial charge is 0.298 e. The van der Waals surface area contributed by atoms with Gasteiger partial charge in [-0.05, 0) is 14.0 Å². The molecule has 1 aliphatic rings. The SMILES string of the molecule is CC.CC.CC1CC(F)(F)CN1C. The lowest BCUT2D eigenvalue weighted by Gasteiger charge is -2.11. The minimum Gasteiger partial charge on any atom is -0.298 e. The first-order valence-electron chi connectivity index (χ1n) is 5.09. The molecule has 1 aliphatic heterocycles. The molecule has 0 saturated carbocycles. The molecule has 1 fully saturated rings. The maximum atomic E-state index is 12.4. The number of hydrogen-bond donors (Lipinski definition) is 0. The van der Waals surface area contributed by atoms with Crippen LogP contribution >= 0.6 is 0 Å². The molecule has 0 amide bonds. The number of nitrogens with zero attached hydrogens (tertiary/aromatic N) is 1. The molecular weight excluding hydrogens is 172 g/mol. The van der Waals surface area contributed by atoms with Gasteiger partial charge in [-0.25, -0.2) is 8.78 Å². The van der Waals surface area contributed by atoms with Gasteiger partial charge in [-0.15, -0.1) is 0 Å². The Kier molecular flexibility index (Phi) is 8.53. The molecule has 0 aliphatic carbocycles. The van der Waals surface area contributed by atoms with Gasteiger partial charge in [-0.2, -0.15) is 0 Å². The van der Waals surface area contributed by atoms with E-state index in [0.29, 0.717) is 0 Å². The molecule has 1 rings (SSSR count). The van der Waals surface area contributed by atoms with Crippen LogP contribution in [0.15, 0.2) is 0 Å². The third kappa shape index (κ3) is 5.97.